The highest BCUT2D eigenvalue weighted by atomic mass is 16.5. The molecule has 1 amide bonds. The van der Waals surface area contributed by atoms with Crippen LogP contribution in [0.25, 0.3) is 0 Å². The second kappa shape index (κ2) is 4.64. The highest BCUT2D eigenvalue weighted by Crippen LogP contribution is 1.99. The molecule has 17 heavy (non-hydrogen) atoms. The van der Waals surface area contributed by atoms with Crippen molar-refractivity contribution in [3.8, 4) is 0 Å². The first-order chi connectivity index (χ1) is 8.16. The Morgan fingerprint density at radius 3 is 3.00 bits per heavy atom. The fraction of sp³-hybridized carbons (Fsp3) is 0.333. The number of hydrogen-bond acceptors (Lipinski definition) is 6. The van der Waals surface area contributed by atoms with Gasteiger partial charge in [0.25, 0.3) is 5.91 Å². The van der Waals surface area contributed by atoms with E-state index < -0.39 is 5.76 Å². The van der Waals surface area contributed by atoms with Crippen molar-refractivity contribution >= 4 is 5.91 Å². The fourth-order valence-electron chi connectivity index (χ4n) is 1.26. The van der Waals surface area contributed by atoms with E-state index in [9.17, 15) is 9.59 Å². The van der Waals surface area contributed by atoms with E-state index in [1.807, 2.05) is 0 Å². The van der Waals surface area contributed by atoms with Gasteiger partial charge < -0.3 is 13.8 Å². The molecule has 0 atom stereocenters. The monoisotopic (exact) mass is 238 g/mol. The van der Waals surface area contributed by atoms with Gasteiger partial charge >= 0.3 is 5.76 Å². The largest absolute Gasteiger partial charge is 0.416 e. The number of aromatic nitrogens is 3. The van der Waals surface area contributed by atoms with Crippen LogP contribution in [0.3, 0.4) is 0 Å². The Kier molecular flexibility index (Phi) is 3.03. The lowest BCUT2D eigenvalue weighted by Crippen LogP contribution is -2.29. The Balaban J connectivity index is 1.94. The lowest BCUT2D eigenvalue weighted by atomic mass is 10.3. The molecule has 2 rings (SSSR count). The number of likely N-dealkylation sites (N-methyl/N-ethyl adjacent to an activating group) is 1. The molecular weight excluding hydrogens is 228 g/mol. The number of H-pyrrole nitrogens is 1. The van der Waals surface area contributed by atoms with Gasteiger partial charge in [0.05, 0.1) is 0 Å². The van der Waals surface area contributed by atoms with Gasteiger partial charge in [-0.15, -0.1) is 0 Å². The van der Waals surface area contributed by atoms with Crippen molar-refractivity contribution in [1.29, 1.82) is 0 Å². The number of rotatable bonds is 4. The number of nitrogens with zero attached hydrogens (tertiary/aromatic N) is 3. The summed E-state index contributed by atoms with van der Waals surface area (Å²) in [5.41, 5.74) is 0.116. The van der Waals surface area contributed by atoms with Gasteiger partial charge in [-0.25, -0.2) is 4.79 Å². The average Bonchev–Trinajstić information content (AvgIpc) is 2.95. The van der Waals surface area contributed by atoms with Crippen molar-refractivity contribution in [2.45, 2.75) is 6.42 Å². The molecule has 2 aromatic heterocycles. The average molecular weight is 238 g/mol. The zero-order valence-electron chi connectivity index (χ0n) is 9.04. The van der Waals surface area contributed by atoms with Crippen LogP contribution in [0.2, 0.25) is 0 Å². The molecule has 0 saturated heterocycles. The van der Waals surface area contributed by atoms with Crippen molar-refractivity contribution in [3.63, 3.8) is 0 Å². The SMILES string of the molecule is CN(CCc1ncon1)C(=O)c1coc(=O)[nH]1. The van der Waals surface area contributed by atoms with E-state index in [0.717, 1.165) is 6.26 Å². The maximum absolute atomic E-state index is 11.7. The van der Waals surface area contributed by atoms with Gasteiger partial charge in [0.2, 0.25) is 6.39 Å². The summed E-state index contributed by atoms with van der Waals surface area (Å²) in [5.74, 6) is -0.468. The van der Waals surface area contributed by atoms with Gasteiger partial charge in [-0.3, -0.25) is 9.78 Å². The van der Waals surface area contributed by atoms with Gasteiger partial charge in [-0.05, 0) is 0 Å². The van der Waals surface area contributed by atoms with E-state index >= 15 is 0 Å². The van der Waals surface area contributed by atoms with E-state index in [1.54, 1.807) is 7.05 Å². The highest BCUT2D eigenvalue weighted by Gasteiger charge is 2.15. The van der Waals surface area contributed by atoms with Crippen molar-refractivity contribution < 1.29 is 13.7 Å². The number of nitrogens with one attached hydrogen (secondary N) is 1. The zero-order chi connectivity index (χ0) is 12.3. The van der Waals surface area contributed by atoms with Crippen LogP contribution < -0.4 is 5.76 Å². The molecule has 90 valence electrons. The van der Waals surface area contributed by atoms with E-state index in [2.05, 4.69) is 24.1 Å². The topological polar surface area (TPSA) is 105 Å². The van der Waals surface area contributed by atoms with Crippen molar-refractivity contribution in [2.75, 3.05) is 13.6 Å². The third-order valence-electron chi connectivity index (χ3n) is 2.18. The molecule has 0 saturated carbocycles. The lowest BCUT2D eigenvalue weighted by Gasteiger charge is -2.14. The summed E-state index contributed by atoms with van der Waals surface area (Å²) < 4.78 is 9.06. The number of aromatic amines is 1. The number of carbonyl (C=O) groups is 1. The number of hydrogen-bond donors (Lipinski definition) is 1. The molecule has 0 aliphatic rings. The molecule has 0 aliphatic carbocycles. The summed E-state index contributed by atoms with van der Waals surface area (Å²) in [4.78, 5) is 30.0. The van der Waals surface area contributed by atoms with Gasteiger partial charge in [0.1, 0.15) is 12.0 Å². The summed E-state index contributed by atoms with van der Waals surface area (Å²) in [5, 5.41) is 3.62. The van der Waals surface area contributed by atoms with Gasteiger partial charge in [-0.2, -0.15) is 4.98 Å². The standard InChI is InChI=1S/C9H10N4O4/c1-13(3-2-7-10-5-17-12-7)8(14)6-4-16-9(15)11-6/h4-5H,2-3H2,1H3,(H,11,15). The van der Waals surface area contributed by atoms with E-state index in [-0.39, 0.29) is 11.6 Å². The molecule has 8 heteroatoms. The predicted molar refractivity (Wildman–Crippen MR) is 54.3 cm³/mol. The molecule has 0 bridgehead atoms. The summed E-state index contributed by atoms with van der Waals surface area (Å²) in [6.07, 6.45) is 2.79. The quantitative estimate of drug-likeness (QED) is 0.781. The Labute approximate surface area is 95.2 Å². The van der Waals surface area contributed by atoms with Crippen molar-refractivity contribution in [2.24, 2.45) is 0 Å². The first-order valence-electron chi connectivity index (χ1n) is 4.85. The van der Waals surface area contributed by atoms with E-state index in [0.29, 0.717) is 18.8 Å². The summed E-state index contributed by atoms with van der Waals surface area (Å²) >= 11 is 0. The molecule has 1 N–H and O–H groups in total. The van der Waals surface area contributed by atoms with Crippen LogP contribution in [-0.2, 0) is 6.42 Å². The molecule has 0 unspecified atom stereocenters. The minimum absolute atomic E-state index is 0.116. The van der Waals surface area contributed by atoms with Crippen molar-refractivity contribution in [3.05, 3.63) is 34.7 Å². The number of oxazole rings is 1. The van der Waals surface area contributed by atoms with Crippen LogP contribution in [-0.4, -0.2) is 39.5 Å². The second-order valence-electron chi connectivity index (χ2n) is 3.39. The van der Waals surface area contributed by atoms with Gasteiger partial charge in [0, 0.05) is 20.0 Å². The lowest BCUT2D eigenvalue weighted by molar-refractivity contribution is 0.0790. The van der Waals surface area contributed by atoms with Gasteiger partial charge in [-0.1, -0.05) is 5.16 Å². The normalized spacial score (nSPS) is 10.4. The molecule has 0 aromatic carbocycles. The fourth-order valence-corrected chi connectivity index (χ4v) is 1.26. The van der Waals surface area contributed by atoms with Crippen LogP contribution >= 0.6 is 0 Å². The van der Waals surface area contributed by atoms with Crippen LogP contribution in [0, 0.1) is 0 Å². The minimum atomic E-state index is -0.653. The Hall–Kier alpha value is -2.38. The first-order valence-corrected chi connectivity index (χ1v) is 4.85. The van der Waals surface area contributed by atoms with Crippen molar-refractivity contribution in [1.82, 2.24) is 20.0 Å². The van der Waals surface area contributed by atoms with E-state index in [1.165, 1.54) is 11.3 Å². The van der Waals surface area contributed by atoms with Crippen LogP contribution in [0.15, 0.2) is 26.4 Å². The van der Waals surface area contributed by atoms with Gasteiger partial charge in [0.15, 0.2) is 5.82 Å². The van der Waals surface area contributed by atoms with Crippen LogP contribution in [0.5, 0.6) is 0 Å². The minimum Gasteiger partial charge on any atom is -0.416 e. The second-order valence-corrected chi connectivity index (χ2v) is 3.39. The molecular formula is C9H10N4O4. The van der Waals surface area contributed by atoms with Crippen LogP contribution in [0.1, 0.15) is 16.3 Å². The smallest absolute Gasteiger partial charge is 0.416 e. The van der Waals surface area contributed by atoms with Crippen LogP contribution in [0.4, 0.5) is 0 Å². The summed E-state index contributed by atoms with van der Waals surface area (Å²) in [6, 6.07) is 0. The highest BCUT2D eigenvalue weighted by molar-refractivity contribution is 5.91. The first kappa shape index (κ1) is 11.1. The zero-order valence-corrected chi connectivity index (χ0v) is 9.04. The number of carbonyl (C=O) groups excluding carboxylic acids is 1. The molecule has 8 nitrogen and oxygen atoms in total. The Bertz CT molecular complexity index is 541. The molecule has 2 heterocycles. The Morgan fingerprint density at radius 1 is 1.59 bits per heavy atom. The maximum Gasteiger partial charge on any atom is 0.416 e. The molecule has 0 radical (unpaired) electrons. The molecule has 2 aromatic rings. The Morgan fingerprint density at radius 2 is 2.41 bits per heavy atom. The predicted octanol–water partition coefficient (Wildman–Crippen LogP) is -0.334. The summed E-state index contributed by atoms with van der Waals surface area (Å²) in [7, 11) is 1.60. The number of amides is 1. The third-order valence-corrected chi connectivity index (χ3v) is 2.18. The molecule has 0 spiro atoms. The maximum atomic E-state index is 11.7. The third kappa shape index (κ3) is 2.60. The molecule has 0 fully saturated rings. The van der Waals surface area contributed by atoms with E-state index in [4.69, 9.17) is 0 Å². The summed E-state index contributed by atoms with van der Waals surface area (Å²) in [6.45, 7) is 0.408. The molecule has 0 aliphatic heterocycles.